The molecule has 132 valence electrons. The number of sulfonamides is 1. The van der Waals surface area contributed by atoms with Crippen molar-refractivity contribution < 1.29 is 27.4 Å². The zero-order valence-electron chi connectivity index (χ0n) is 13.1. The van der Waals surface area contributed by atoms with Gasteiger partial charge >= 0.3 is 5.97 Å². The van der Waals surface area contributed by atoms with Gasteiger partial charge in [-0.2, -0.15) is 0 Å². The highest BCUT2D eigenvalue weighted by atomic mass is 32.2. The van der Waals surface area contributed by atoms with Crippen molar-refractivity contribution in [3.63, 3.8) is 0 Å². The van der Waals surface area contributed by atoms with Crippen molar-refractivity contribution in [2.45, 2.75) is 23.8 Å². The van der Waals surface area contributed by atoms with Crippen molar-refractivity contribution in [3.05, 3.63) is 59.4 Å². The van der Waals surface area contributed by atoms with Crippen LogP contribution in [0.3, 0.4) is 0 Å². The van der Waals surface area contributed by atoms with Gasteiger partial charge in [-0.1, -0.05) is 12.1 Å². The molecule has 8 heteroatoms. The van der Waals surface area contributed by atoms with Gasteiger partial charge in [-0.25, -0.2) is 17.5 Å². The molecule has 1 aliphatic heterocycles. The van der Waals surface area contributed by atoms with Gasteiger partial charge in [0.05, 0.1) is 24.0 Å². The van der Waals surface area contributed by atoms with E-state index in [-0.39, 0.29) is 11.3 Å². The molecule has 0 saturated heterocycles. The van der Waals surface area contributed by atoms with Gasteiger partial charge in [-0.3, -0.25) is 4.79 Å². The molecule has 6 nitrogen and oxygen atoms in total. The third kappa shape index (κ3) is 3.97. The van der Waals surface area contributed by atoms with Crippen LogP contribution in [0.1, 0.15) is 23.6 Å². The first-order chi connectivity index (χ1) is 11.8. The van der Waals surface area contributed by atoms with E-state index in [1.165, 1.54) is 12.1 Å². The second-order valence-electron chi connectivity index (χ2n) is 5.71. The van der Waals surface area contributed by atoms with E-state index in [2.05, 4.69) is 4.72 Å². The van der Waals surface area contributed by atoms with E-state index in [1.807, 2.05) is 0 Å². The van der Waals surface area contributed by atoms with Gasteiger partial charge in [0, 0.05) is 12.0 Å². The van der Waals surface area contributed by atoms with Gasteiger partial charge in [-0.05, 0) is 35.9 Å². The van der Waals surface area contributed by atoms with Crippen LogP contribution in [0.15, 0.2) is 47.4 Å². The average Bonchev–Trinajstić information content (AvgIpc) is 2.54. The van der Waals surface area contributed by atoms with E-state index in [0.717, 1.165) is 12.1 Å². The molecule has 2 aromatic carbocycles. The first-order valence-electron chi connectivity index (χ1n) is 7.60. The highest BCUT2D eigenvalue weighted by Crippen LogP contribution is 2.34. The fourth-order valence-electron chi connectivity index (χ4n) is 2.71. The van der Waals surface area contributed by atoms with Crippen LogP contribution in [-0.4, -0.2) is 26.1 Å². The molecule has 1 aliphatic rings. The van der Waals surface area contributed by atoms with Crippen LogP contribution < -0.4 is 9.46 Å². The Kier molecular flexibility index (Phi) is 4.73. The van der Waals surface area contributed by atoms with E-state index < -0.39 is 27.9 Å². The third-order valence-corrected chi connectivity index (χ3v) is 5.38. The number of carbonyl (C=O) groups is 1. The molecular weight excluding hydrogens is 349 g/mol. The van der Waals surface area contributed by atoms with Gasteiger partial charge in [-0.15, -0.1) is 0 Å². The van der Waals surface area contributed by atoms with Gasteiger partial charge in [0.25, 0.3) is 0 Å². The minimum Gasteiger partial charge on any atom is -0.493 e. The molecule has 0 spiro atoms. The van der Waals surface area contributed by atoms with E-state index in [4.69, 9.17) is 9.84 Å². The fraction of sp³-hybridized carbons (Fsp3) is 0.235. The van der Waals surface area contributed by atoms with Crippen LogP contribution in [-0.2, 0) is 21.2 Å². The second kappa shape index (κ2) is 6.81. The number of aliphatic carboxylic acids is 1. The first-order valence-corrected chi connectivity index (χ1v) is 9.09. The lowest BCUT2D eigenvalue weighted by Gasteiger charge is -2.27. The number of hydrogen-bond acceptors (Lipinski definition) is 4. The zero-order chi connectivity index (χ0) is 18.0. The Morgan fingerprint density at radius 3 is 2.64 bits per heavy atom. The summed E-state index contributed by atoms with van der Waals surface area (Å²) in [6.45, 7) is 0.306. The second-order valence-corrected chi connectivity index (χ2v) is 7.42. The summed E-state index contributed by atoms with van der Waals surface area (Å²) in [7, 11) is -3.81. The highest BCUT2D eigenvalue weighted by molar-refractivity contribution is 7.89. The van der Waals surface area contributed by atoms with Crippen molar-refractivity contribution in [1.82, 2.24) is 4.72 Å². The average molecular weight is 365 g/mol. The van der Waals surface area contributed by atoms with E-state index in [1.54, 1.807) is 18.2 Å². The zero-order valence-corrected chi connectivity index (χ0v) is 13.9. The molecule has 2 aromatic rings. The monoisotopic (exact) mass is 365 g/mol. The molecule has 0 saturated carbocycles. The van der Waals surface area contributed by atoms with E-state index in [9.17, 15) is 17.6 Å². The van der Waals surface area contributed by atoms with Crippen molar-refractivity contribution in [2.24, 2.45) is 0 Å². The molecule has 25 heavy (non-hydrogen) atoms. The summed E-state index contributed by atoms with van der Waals surface area (Å²) < 4.78 is 46.1. The molecule has 1 heterocycles. The standard InChI is InChI=1S/C17H16FNO5S/c18-12-2-4-13(5-3-12)25(22,23)19-15-7-8-24-16-9-11(10-17(20)21)1-6-14(15)16/h1-6,9,15,19H,7-8,10H2,(H,20,21). The summed E-state index contributed by atoms with van der Waals surface area (Å²) in [4.78, 5) is 10.8. The molecule has 0 aromatic heterocycles. The Bertz CT molecular complexity index is 896. The predicted octanol–water partition coefficient (Wildman–Crippen LogP) is 2.25. The molecule has 2 N–H and O–H groups in total. The Balaban J connectivity index is 1.85. The molecular formula is C17H16FNO5S. The maximum absolute atomic E-state index is 13.0. The van der Waals surface area contributed by atoms with Gasteiger partial charge in [0.15, 0.2) is 0 Å². The summed E-state index contributed by atoms with van der Waals surface area (Å²) in [6.07, 6.45) is 0.300. The van der Waals surface area contributed by atoms with Crippen molar-refractivity contribution >= 4 is 16.0 Å². The minimum atomic E-state index is -3.81. The Morgan fingerprint density at radius 2 is 1.96 bits per heavy atom. The Hall–Kier alpha value is -2.45. The SMILES string of the molecule is O=C(O)Cc1ccc2c(c1)OCCC2NS(=O)(=O)c1ccc(F)cc1. The first kappa shape index (κ1) is 17.4. The Labute approximate surface area is 144 Å². The van der Waals surface area contributed by atoms with Crippen LogP contribution in [0.25, 0.3) is 0 Å². The maximum atomic E-state index is 13.0. The molecule has 1 atom stereocenters. The number of carboxylic acids is 1. The number of nitrogens with one attached hydrogen (secondary N) is 1. The summed E-state index contributed by atoms with van der Waals surface area (Å²) >= 11 is 0. The molecule has 0 aliphatic carbocycles. The highest BCUT2D eigenvalue weighted by Gasteiger charge is 2.27. The van der Waals surface area contributed by atoms with Gasteiger partial charge in [0.2, 0.25) is 10.0 Å². The quantitative estimate of drug-likeness (QED) is 0.848. The van der Waals surface area contributed by atoms with Gasteiger partial charge < -0.3 is 9.84 Å². The Morgan fingerprint density at radius 1 is 1.24 bits per heavy atom. The molecule has 0 amide bonds. The summed E-state index contributed by atoms with van der Waals surface area (Å²) in [5, 5.41) is 8.86. The van der Waals surface area contributed by atoms with Crippen molar-refractivity contribution in [2.75, 3.05) is 6.61 Å². The summed E-state index contributed by atoms with van der Waals surface area (Å²) in [5.74, 6) is -0.998. The van der Waals surface area contributed by atoms with Crippen LogP contribution in [0.2, 0.25) is 0 Å². The number of ether oxygens (including phenoxy) is 1. The topological polar surface area (TPSA) is 92.7 Å². The van der Waals surface area contributed by atoms with Crippen molar-refractivity contribution in [3.8, 4) is 5.75 Å². The minimum absolute atomic E-state index is 0.0237. The largest absolute Gasteiger partial charge is 0.493 e. The van der Waals surface area contributed by atoms with E-state index in [0.29, 0.717) is 29.9 Å². The normalized spacial score (nSPS) is 16.8. The van der Waals surface area contributed by atoms with Crippen LogP contribution in [0.5, 0.6) is 5.75 Å². The maximum Gasteiger partial charge on any atom is 0.307 e. The summed E-state index contributed by atoms with van der Waals surface area (Å²) in [6, 6.07) is 9.00. The predicted molar refractivity (Wildman–Crippen MR) is 87.4 cm³/mol. The third-order valence-electron chi connectivity index (χ3n) is 3.89. The lowest BCUT2D eigenvalue weighted by atomic mass is 9.99. The van der Waals surface area contributed by atoms with Crippen LogP contribution in [0, 0.1) is 5.82 Å². The molecule has 1 unspecified atom stereocenters. The lowest BCUT2D eigenvalue weighted by Crippen LogP contribution is -2.32. The lowest BCUT2D eigenvalue weighted by molar-refractivity contribution is -0.136. The number of fused-ring (bicyclic) bond motifs is 1. The van der Waals surface area contributed by atoms with E-state index >= 15 is 0 Å². The number of halogens is 1. The number of rotatable bonds is 5. The summed E-state index contributed by atoms with van der Waals surface area (Å²) in [5.41, 5.74) is 1.22. The number of benzene rings is 2. The molecule has 0 bridgehead atoms. The molecule has 3 rings (SSSR count). The van der Waals surface area contributed by atoms with Crippen molar-refractivity contribution in [1.29, 1.82) is 0 Å². The number of carboxylic acid groups (broad SMARTS) is 1. The molecule has 0 radical (unpaired) electrons. The van der Waals surface area contributed by atoms with Crippen LogP contribution in [0.4, 0.5) is 4.39 Å². The smallest absolute Gasteiger partial charge is 0.307 e. The number of hydrogen-bond donors (Lipinski definition) is 2. The fourth-order valence-corrected chi connectivity index (χ4v) is 3.96. The molecule has 0 fully saturated rings. The van der Waals surface area contributed by atoms with Crippen LogP contribution >= 0.6 is 0 Å². The van der Waals surface area contributed by atoms with Gasteiger partial charge in [0.1, 0.15) is 11.6 Å².